The smallest absolute Gasteiger partial charge is 0.0602 e. The number of nitrogens with two attached hydrogens (primary N) is 1. The number of rotatable bonds is 6. The molecule has 2 aromatic rings. The number of hydrogen-bond acceptors (Lipinski definition) is 3. The molecule has 1 aliphatic heterocycles. The van der Waals surface area contributed by atoms with Crippen molar-refractivity contribution >= 4 is 0 Å². The standard InChI is InChI=1S/C21H27N3/c22-13-7-8-14-23-15-17-24(18-16-23)21(19-9-3-1-4-10-19)20-11-5-2-6-12-20/h1-12,21H,13-18,22H2. The van der Waals surface area contributed by atoms with Gasteiger partial charge in [0.05, 0.1) is 6.04 Å². The zero-order valence-electron chi connectivity index (χ0n) is 14.2. The lowest BCUT2D eigenvalue weighted by Gasteiger charge is -2.39. The zero-order valence-corrected chi connectivity index (χ0v) is 14.2. The molecule has 0 spiro atoms. The first-order valence-electron chi connectivity index (χ1n) is 8.80. The van der Waals surface area contributed by atoms with E-state index in [0.29, 0.717) is 12.6 Å². The average molecular weight is 321 g/mol. The lowest BCUT2D eigenvalue weighted by atomic mass is 9.96. The van der Waals surface area contributed by atoms with Crippen LogP contribution in [-0.4, -0.2) is 49.1 Å². The second kappa shape index (κ2) is 8.78. The van der Waals surface area contributed by atoms with Gasteiger partial charge in [0.1, 0.15) is 0 Å². The van der Waals surface area contributed by atoms with E-state index in [9.17, 15) is 0 Å². The summed E-state index contributed by atoms with van der Waals surface area (Å²) in [6, 6.07) is 22.1. The fraction of sp³-hybridized carbons (Fsp3) is 0.333. The van der Waals surface area contributed by atoms with Gasteiger partial charge in [-0.1, -0.05) is 72.8 Å². The van der Waals surface area contributed by atoms with Crippen LogP contribution in [0.15, 0.2) is 72.8 Å². The Hall–Kier alpha value is -1.94. The molecule has 3 nitrogen and oxygen atoms in total. The van der Waals surface area contributed by atoms with E-state index in [-0.39, 0.29) is 0 Å². The fourth-order valence-electron chi connectivity index (χ4n) is 3.41. The molecule has 1 heterocycles. The van der Waals surface area contributed by atoms with Crippen molar-refractivity contribution in [2.45, 2.75) is 6.04 Å². The highest BCUT2D eigenvalue weighted by atomic mass is 15.3. The summed E-state index contributed by atoms with van der Waals surface area (Å²) in [4.78, 5) is 5.10. The first-order valence-corrected chi connectivity index (χ1v) is 8.80. The van der Waals surface area contributed by atoms with Crippen molar-refractivity contribution in [3.8, 4) is 0 Å². The van der Waals surface area contributed by atoms with Crippen molar-refractivity contribution < 1.29 is 0 Å². The van der Waals surface area contributed by atoms with Crippen molar-refractivity contribution in [2.24, 2.45) is 5.73 Å². The van der Waals surface area contributed by atoms with Crippen LogP contribution >= 0.6 is 0 Å². The van der Waals surface area contributed by atoms with Gasteiger partial charge in [0.15, 0.2) is 0 Å². The largest absolute Gasteiger partial charge is 0.327 e. The van der Waals surface area contributed by atoms with Gasteiger partial charge in [-0.25, -0.2) is 0 Å². The third kappa shape index (κ3) is 4.32. The van der Waals surface area contributed by atoms with Gasteiger partial charge < -0.3 is 5.73 Å². The first kappa shape index (κ1) is 16.9. The molecule has 2 aromatic carbocycles. The maximum absolute atomic E-state index is 5.52. The molecule has 3 rings (SSSR count). The minimum atomic E-state index is 0.342. The molecule has 0 unspecified atom stereocenters. The Kier molecular flexibility index (Phi) is 6.19. The van der Waals surface area contributed by atoms with Crippen molar-refractivity contribution in [3.05, 3.63) is 83.9 Å². The molecular weight excluding hydrogens is 294 g/mol. The summed E-state index contributed by atoms with van der Waals surface area (Å²) in [7, 11) is 0. The summed E-state index contributed by atoms with van der Waals surface area (Å²) in [5.74, 6) is 0. The second-order valence-corrected chi connectivity index (χ2v) is 6.27. The van der Waals surface area contributed by atoms with Crippen molar-refractivity contribution in [1.29, 1.82) is 0 Å². The SMILES string of the molecule is NCC=CCN1CCN(C(c2ccccc2)c2ccccc2)CC1. The summed E-state index contributed by atoms with van der Waals surface area (Å²) in [5.41, 5.74) is 8.27. The zero-order chi connectivity index (χ0) is 16.6. The lowest BCUT2D eigenvalue weighted by molar-refractivity contribution is 0.117. The Morgan fingerprint density at radius 3 is 1.83 bits per heavy atom. The van der Waals surface area contributed by atoms with E-state index in [1.165, 1.54) is 11.1 Å². The minimum Gasteiger partial charge on any atom is -0.327 e. The number of benzene rings is 2. The van der Waals surface area contributed by atoms with Gasteiger partial charge >= 0.3 is 0 Å². The van der Waals surface area contributed by atoms with Gasteiger partial charge in [0.25, 0.3) is 0 Å². The van der Waals surface area contributed by atoms with E-state index in [4.69, 9.17) is 5.73 Å². The molecule has 0 amide bonds. The molecular formula is C21H27N3. The van der Waals surface area contributed by atoms with Gasteiger partial charge in [-0.3, -0.25) is 9.80 Å². The summed E-state index contributed by atoms with van der Waals surface area (Å²) in [5, 5.41) is 0. The van der Waals surface area contributed by atoms with Crippen LogP contribution < -0.4 is 5.73 Å². The third-order valence-electron chi connectivity index (χ3n) is 4.67. The van der Waals surface area contributed by atoms with Crippen LogP contribution in [0, 0.1) is 0 Å². The lowest BCUT2D eigenvalue weighted by Crippen LogP contribution is -2.47. The molecule has 0 aromatic heterocycles. The van der Waals surface area contributed by atoms with Gasteiger partial charge in [-0.2, -0.15) is 0 Å². The molecule has 0 atom stereocenters. The quantitative estimate of drug-likeness (QED) is 0.830. The van der Waals surface area contributed by atoms with E-state index < -0.39 is 0 Å². The van der Waals surface area contributed by atoms with Crippen LogP contribution in [0.2, 0.25) is 0 Å². The predicted molar refractivity (Wildman–Crippen MR) is 101 cm³/mol. The Morgan fingerprint density at radius 2 is 1.33 bits per heavy atom. The highest BCUT2D eigenvalue weighted by molar-refractivity contribution is 5.31. The van der Waals surface area contributed by atoms with E-state index in [1.54, 1.807) is 0 Å². The maximum atomic E-state index is 5.52. The average Bonchev–Trinajstić information content (AvgIpc) is 2.65. The summed E-state index contributed by atoms with van der Waals surface area (Å²) in [6.07, 6.45) is 4.23. The van der Waals surface area contributed by atoms with Crippen LogP contribution in [0.25, 0.3) is 0 Å². The Labute approximate surface area is 145 Å². The fourth-order valence-corrected chi connectivity index (χ4v) is 3.41. The minimum absolute atomic E-state index is 0.342. The second-order valence-electron chi connectivity index (χ2n) is 6.27. The summed E-state index contributed by atoms with van der Waals surface area (Å²) in [6.45, 7) is 6.02. The molecule has 24 heavy (non-hydrogen) atoms. The highest BCUT2D eigenvalue weighted by Crippen LogP contribution is 2.29. The molecule has 1 saturated heterocycles. The van der Waals surface area contributed by atoms with Crippen LogP contribution in [0.1, 0.15) is 17.2 Å². The molecule has 3 heteroatoms. The number of nitrogens with zero attached hydrogens (tertiary/aromatic N) is 2. The normalized spacial score (nSPS) is 16.9. The van der Waals surface area contributed by atoms with Crippen LogP contribution in [0.3, 0.4) is 0 Å². The first-order chi connectivity index (χ1) is 11.9. The summed E-state index contributed by atoms with van der Waals surface area (Å²) < 4.78 is 0. The van der Waals surface area contributed by atoms with E-state index >= 15 is 0 Å². The van der Waals surface area contributed by atoms with Crippen molar-refractivity contribution in [1.82, 2.24) is 9.80 Å². The molecule has 0 bridgehead atoms. The predicted octanol–water partition coefficient (Wildman–Crippen LogP) is 2.91. The Morgan fingerprint density at radius 1 is 0.792 bits per heavy atom. The van der Waals surface area contributed by atoms with Gasteiger partial charge in [0.2, 0.25) is 0 Å². The highest BCUT2D eigenvalue weighted by Gasteiger charge is 2.25. The molecule has 1 aliphatic rings. The maximum Gasteiger partial charge on any atom is 0.0602 e. The van der Waals surface area contributed by atoms with Crippen LogP contribution in [0.5, 0.6) is 0 Å². The van der Waals surface area contributed by atoms with Gasteiger partial charge in [0, 0.05) is 39.3 Å². The number of piperazine rings is 1. The molecule has 2 N–H and O–H groups in total. The molecule has 126 valence electrons. The molecule has 0 saturated carbocycles. The van der Waals surface area contributed by atoms with Crippen LogP contribution in [0.4, 0.5) is 0 Å². The third-order valence-corrected chi connectivity index (χ3v) is 4.67. The monoisotopic (exact) mass is 321 g/mol. The Bertz CT molecular complexity index is 577. The molecule has 0 aliphatic carbocycles. The van der Waals surface area contributed by atoms with E-state index in [2.05, 4.69) is 76.5 Å². The van der Waals surface area contributed by atoms with E-state index in [1.807, 2.05) is 6.08 Å². The number of hydrogen-bond donors (Lipinski definition) is 1. The molecule has 1 fully saturated rings. The van der Waals surface area contributed by atoms with Gasteiger partial charge in [-0.15, -0.1) is 0 Å². The van der Waals surface area contributed by atoms with Crippen molar-refractivity contribution in [2.75, 3.05) is 39.3 Å². The van der Waals surface area contributed by atoms with E-state index in [0.717, 1.165) is 32.7 Å². The Balaban J connectivity index is 1.73. The van der Waals surface area contributed by atoms with Crippen LogP contribution in [-0.2, 0) is 0 Å². The van der Waals surface area contributed by atoms with Crippen molar-refractivity contribution in [3.63, 3.8) is 0 Å². The topological polar surface area (TPSA) is 32.5 Å². The summed E-state index contributed by atoms with van der Waals surface area (Å²) >= 11 is 0. The van der Waals surface area contributed by atoms with Gasteiger partial charge in [-0.05, 0) is 11.1 Å². The molecule has 0 radical (unpaired) electrons.